The van der Waals surface area contributed by atoms with Gasteiger partial charge in [0.05, 0.1) is 11.9 Å². The molecule has 202 valence electrons. The van der Waals surface area contributed by atoms with E-state index in [1.807, 2.05) is 26.8 Å². The minimum atomic E-state index is -3.81. The van der Waals surface area contributed by atoms with Crippen molar-refractivity contribution in [3.8, 4) is 0 Å². The maximum Gasteiger partial charge on any atom is 0.244 e. The molecular formula is C27H35Cl2N3O4S. The molecule has 10 heteroatoms. The zero-order valence-corrected chi connectivity index (χ0v) is 24.1. The van der Waals surface area contributed by atoms with E-state index >= 15 is 0 Å². The lowest BCUT2D eigenvalue weighted by atomic mass is 10.1. The topological polar surface area (TPSA) is 86.8 Å². The first-order valence-electron chi connectivity index (χ1n) is 12.5. The number of sulfonamides is 1. The highest BCUT2D eigenvalue weighted by Crippen LogP contribution is 2.29. The summed E-state index contributed by atoms with van der Waals surface area (Å²) in [4.78, 5) is 28.7. The van der Waals surface area contributed by atoms with E-state index in [0.29, 0.717) is 27.7 Å². The molecule has 0 aromatic heterocycles. The van der Waals surface area contributed by atoms with Crippen LogP contribution in [0.3, 0.4) is 0 Å². The number of hydrogen-bond acceptors (Lipinski definition) is 4. The van der Waals surface area contributed by atoms with Gasteiger partial charge in [-0.1, -0.05) is 61.2 Å². The zero-order chi connectivity index (χ0) is 27.3. The highest BCUT2D eigenvalue weighted by atomic mass is 35.5. The van der Waals surface area contributed by atoms with Crippen LogP contribution in [0.4, 0.5) is 5.69 Å². The lowest BCUT2D eigenvalue weighted by Gasteiger charge is -2.34. The van der Waals surface area contributed by atoms with Gasteiger partial charge in [0.1, 0.15) is 12.6 Å². The minimum Gasteiger partial charge on any atom is -0.352 e. The Hall–Kier alpha value is -2.29. The van der Waals surface area contributed by atoms with Crippen LogP contribution in [0.15, 0.2) is 36.4 Å². The summed E-state index contributed by atoms with van der Waals surface area (Å²) < 4.78 is 26.8. The van der Waals surface area contributed by atoms with Crippen LogP contribution < -0.4 is 9.62 Å². The molecule has 1 fully saturated rings. The second kappa shape index (κ2) is 12.5. The summed E-state index contributed by atoms with van der Waals surface area (Å²) in [6.45, 7) is 5.04. The van der Waals surface area contributed by atoms with Gasteiger partial charge in [-0.3, -0.25) is 13.9 Å². The lowest BCUT2D eigenvalue weighted by Crippen LogP contribution is -2.53. The molecule has 1 aliphatic rings. The summed E-state index contributed by atoms with van der Waals surface area (Å²) in [7, 11) is -3.81. The molecule has 0 saturated heterocycles. The fourth-order valence-electron chi connectivity index (χ4n) is 4.74. The van der Waals surface area contributed by atoms with Crippen LogP contribution in [0.25, 0.3) is 0 Å². The van der Waals surface area contributed by atoms with E-state index in [4.69, 9.17) is 23.2 Å². The fraction of sp³-hybridized carbons (Fsp3) is 0.481. The van der Waals surface area contributed by atoms with Crippen molar-refractivity contribution in [1.82, 2.24) is 10.2 Å². The van der Waals surface area contributed by atoms with Crippen LogP contribution in [0.2, 0.25) is 10.0 Å². The Labute approximate surface area is 230 Å². The van der Waals surface area contributed by atoms with Gasteiger partial charge < -0.3 is 10.2 Å². The fourth-order valence-corrected chi connectivity index (χ4v) is 6.16. The van der Waals surface area contributed by atoms with Crippen LogP contribution in [0.5, 0.6) is 0 Å². The maximum absolute atomic E-state index is 13.9. The number of benzene rings is 2. The first-order chi connectivity index (χ1) is 17.4. The Bertz CT molecular complexity index is 1230. The van der Waals surface area contributed by atoms with Gasteiger partial charge in [-0.25, -0.2) is 8.42 Å². The average Bonchev–Trinajstić information content (AvgIpc) is 3.33. The molecule has 0 heterocycles. The van der Waals surface area contributed by atoms with Gasteiger partial charge in [0.15, 0.2) is 0 Å². The number of nitrogens with zero attached hydrogens (tertiary/aromatic N) is 2. The quantitative estimate of drug-likeness (QED) is 0.425. The van der Waals surface area contributed by atoms with E-state index < -0.39 is 28.5 Å². The molecule has 3 rings (SSSR count). The van der Waals surface area contributed by atoms with Crippen LogP contribution in [-0.4, -0.2) is 50.0 Å². The predicted molar refractivity (Wildman–Crippen MR) is 150 cm³/mol. The minimum absolute atomic E-state index is 0.0294. The molecule has 0 aliphatic heterocycles. The van der Waals surface area contributed by atoms with Crippen molar-refractivity contribution >= 4 is 50.7 Å². The number of carbonyl (C=O) groups is 2. The molecule has 1 aliphatic carbocycles. The third kappa shape index (κ3) is 7.18. The number of halogens is 2. The number of hydrogen-bond donors (Lipinski definition) is 1. The molecule has 0 radical (unpaired) electrons. The number of carbonyl (C=O) groups excluding carboxylic acids is 2. The van der Waals surface area contributed by atoms with E-state index in [9.17, 15) is 18.0 Å². The highest BCUT2D eigenvalue weighted by molar-refractivity contribution is 7.92. The highest BCUT2D eigenvalue weighted by Gasteiger charge is 2.34. The molecule has 1 unspecified atom stereocenters. The zero-order valence-electron chi connectivity index (χ0n) is 21.8. The summed E-state index contributed by atoms with van der Waals surface area (Å²) >= 11 is 12.9. The first-order valence-corrected chi connectivity index (χ1v) is 15.1. The molecule has 2 aromatic rings. The van der Waals surface area contributed by atoms with Crippen molar-refractivity contribution in [2.75, 3.05) is 17.1 Å². The van der Waals surface area contributed by atoms with Gasteiger partial charge in [-0.05, 0) is 62.4 Å². The number of nitrogens with one attached hydrogen (secondary N) is 1. The molecule has 7 nitrogen and oxygen atoms in total. The molecule has 2 amide bonds. The standard InChI is InChI=1S/C27H35Cl2N3O4S/c1-5-24(27(34)30-20-11-6-7-12-20)31(16-21-22(28)13-9-14-23(21)29)26(33)17-32(37(4,35)36)25-15-8-10-18(2)19(25)3/h8-10,13-15,20,24H,5-7,11-12,16-17H2,1-4H3,(H,30,34). The summed E-state index contributed by atoms with van der Waals surface area (Å²) in [5, 5.41) is 3.81. The lowest BCUT2D eigenvalue weighted by molar-refractivity contribution is -0.140. The number of amides is 2. The van der Waals surface area contributed by atoms with Crippen LogP contribution >= 0.6 is 23.2 Å². The smallest absolute Gasteiger partial charge is 0.244 e. The van der Waals surface area contributed by atoms with Crippen LogP contribution in [0, 0.1) is 13.8 Å². The molecule has 2 aromatic carbocycles. The van der Waals surface area contributed by atoms with Crippen LogP contribution in [-0.2, 0) is 26.2 Å². The monoisotopic (exact) mass is 567 g/mol. The third-order valence-corrected chi connectivity index (χ3v) is 8.84. The second-order valence-corrected chi connectivity index (χ2v) is 12.3. The summed E-state index contributed by atoms with van der Waals surface area (Å²) in [5.41, 5.74) is 2.59. The van der Waals surface area contributed by atoms with Crippen molar-refractivity contribution in [3.63, 3.8) is 0 Å². The number of aryl methyl sites for hydroxylation is 1. The summed E-state index contributed by atoms with van der Waals surface area (Å²) in [6, 6.07) is 9.61. The van der Waals surface area contributed by atoms with E-state index in [1.165, 1.54) is 4.90 Å². The van der Waals surface area contributed by atoms with E-state index in [-0.39, 0.29) is 18.5 Å². The maximum atomic E-state index is 13.9. The Morgan fingerprint density at radius 1 is 1.05 bits per heavy atom. The summed E-state index contributed by atoms with van der Waals surface area (Å²) in [5.74, 6) is -0.778. The van der Waals surface area contributed by atoms with Gasteiger partial charge in [-0.2, -0.15) is 0 Å². The van der Waals surface area contributed by atoms with Crippen molar-refractivity contribution in [3.05, 3.63) is 63.1 Å². The Balaban J connectivity index is 2.00. The Morgan fingerprint density at radius 3 is 2.22 bits per heavy atom. The molecule has 0 bridgehead atoms. The van der Waals surface area contributed by atoms with Gasteiger partial charge in [0.2, 0.25) is 21.8 Å². The normalized spacial score (nSPS) is 14.9. The van der Waals surface area contributed by atoms with Crippen molar-refractivity contribution in [2.45, 2.75) is 71.5 Å². The Kier molecular flexibility index (Phi) is 9.89. The third-order valence-electron chi connectivity index (χ3n) is 7.00. The van der Waals surface area contributed by atoms with Gasteiger partial charge in [0, 0.05) is 28.2 Å². The number of rotatable bonds is 10. The van der Waals surface area contributed by atoms with Crippen molar-refractivity contribution in [2.24, 2.45) is 0 Å². The molecule has 0 spiro atoms. The summed E-state index contributed by atoms with van der Waals surface area (Å²) in [6.07, 6.45) is 5.33. The van der Waals surface area contributed by atoms with Gasteiger partial charge in [0.25, 0.3) is 0 Å². The van der Waals surface area contributed by atoms with Crippen LogP contribution in [0.1, 0.15) is 55.7 Å². The predicted octanol–water partition coefficient (Wildman–Crippen LogP) is 5.24. The molecule has 1 N–H and O–H groups in total. The van der Waals surface area contributed by atoms with Gasteiger partial charge >= 0.3 is 0 Å². The SMILES string of the molecule is CCC(C(=O)NC1CCCC1)N(Cc1c(Cl)cccc1Cl)C(=O)CN(c1cccc(C)c1C)S(C)(=O)=O. The van der Waals surface area contributed by atoms with Gasteiger partial charge in [-0.15, -0.1) is 0 Å². The van der Waals surface area contributed by atoms with E-state index in [2.05, 4.69) is 5.32 Å². The number of anilines is 1. The van der Waals surface area contributed by atoms with Crippen molar-refractivity contribution < 1.29 is 18.0 Å². The van der Waals surface area contributed by atoms with E-state index in [1.54, 1.807) is 30.3 Å². The van der Waals surface area contributed by atoms with Crippen molar-refractivity contribution in [1.29, 1.82) is 0 Å². The average molecular weight is 569 g/mol. The molecule has 1 saturated carbocycles. The molecular weight excluding hydrogens is 533 g/mol. The first kappa shape index (κ1) is 29.3. The second-order valence-electron chi connectivity index (χ2n) is 9.62. The molecule has 1 atom stereocenters. The molecule has 37 heavy (non-hydrogen) atoms. The Morgan fingerprint density at radius 2 is 1.65 bits per heavy atom. The largest absolute Gasteiger partial charge is 0.352 e. The van der Waals surface area contributed by atoms with E-state index in [0.717, 1.165) is 47.4 Å².